The van der Waals surface area contributed by atoms with Crippen molar-refractivity contribution in [2.24, 2.45) is 0 Å². The van der Waals surface area contributed by atoms with Crippen molar-refractivity contribution in [1.29, 1.82) is 0 Å². The standard InChI is InChI=1S/C8H15BrF3N/c1-2-7(9)3-5-13-6-4-8(10,11)12/h7,13H,2-6H2,1H3. The molecule has 5 heteroatoms. The molecule has 0 heterocycles. The zero-order valence-electron chi connectivity index (χ0n) is 7.62. The quantitative estimate of drug-likeness (QED) is 0.573. The largest absolute Gasteiger partial charge is 0.390 e. The molecule has 0 amide bonds. The van der Waals surface area contributed by atoms with Gasteiger partial charge in [-0.15, -0.1) is 0 Å². The predicted molar refractivity (Wildman–Crippen MR) is 51.2 cm³/mol. The van der Waals surface area contributed by atoms with Crippen LogP contribution < -0.4 is 5.32 Å². The fraction of sp³-hybridized carbons (Fsp3) is 1.00. The van der Waals surface area contributed by atoms with Gasteiger partial charge in [-0.25, -0.2) is 0 Å². The van der Waals surface area contributed by atoms with E-state index in [-0.39, 0.29) is 6.54 Å². The van der Waals surface area contributed by atoms with Crippen molar-refractivity contribution in [3.05, 3.63) is 0 Å². The van der Waals surface area contributed by atoms with Crippen LogP contribution in [0.4, 0.5) is 13.2 Å². The van der Waals surface area contributed by atoms with Crippen LogP contribution in [0.2, 0.25) is 0 Å². The highest BCUT2D eigenvalue weighted by molar-refractivity contribution is 9.09. The van der Waals surface area contributed by atoms with Crippen molar-refractivity contribution in [1.82, 2.24) is 5.32 Å². The molecule has 1 atom stereocenters. The first-order valence-electron chi connectivity index (χ1n) is 4.37. The highest BCUT2D eigenvalue weighted by Crippen LogP contribution is 2.18. The number of hydrogen-bond acceptors (Lipinski definition) is 1. The number of alkyl halides is 4. The van der Waals surface area contributed by atoms with E-state index in [9.17, 15) is 13.2 Å². The zero-order chi connectivity index (χ0) is 10.3. The molecule has 0 aromatic carbocycles. The predicted octanol–water partition coefficient (Wildman–Crippen LogP) is 3.09. The van der Waals surface area contributed by atoms with Crippen molar-refractivity contribution in [3.8, 4) is 0 Å². The maximum atomic E-state index is 11.7. The molecule has 0 aliphatic rings. The van der Waals surface area contributed by atoms with Crippen LogP contribution in [0.1, 0.15) is 26.2 Å². The molecule has 0 radical (unpaired) electrons. The molecule has 0 aromatic heterocycles. The highest BCUT2D eigenvalue weighted by atomic mass is 79.9. The van der Waals surface area contributed by atoms with Gasteiger partial charge in [0.05, 0.1) is 6.42 Å². The third kappa shape index (κ3) is 10.1. The minimum absolute atomic E-state index is 0.0208. The van der Waals surface area contributed by atoms with Crippen molar-refractivity contribution < 1.29 is 13.2 Å². The van der Waals surface area contributed by atoms with Gasteiger partial charge in [0.1, 0.15) is 0 Å². The molecular formula is C8H15BrF3N. The summed E-state index contributed by atoms with van der Waals surface area (Å²) >= 11 is 3.41. The van der Waals surface area contributed by atoms with Crippen LogP contribution in [0.15, 0.2) is 0 Å². The average molecular weight is 262 g/mol. The monoisotopic (exact) mass is 261 g/mol. The van der Waals surface area contributed by atoms with E-state index in [0.717, 1.165) is 12.8 Å². The Morgan fingerprint density at radius 1 is 1.31 bits per heavy atom. The summed E-state index contributed by atoms with van der Waals surface area (Å²) in [6.07, 6.45) is -2.91. The fourth-order valence-electron chi connectivity index (χ4n) is 0.818. The topological polar surface area (TPSA) is 12.0 Å². The van der Waals surface area contributed by atoms with Crippen LogP contribution >= 0.6 is 15.9 Å². The minimum Gasteiger partial charge on any atom is -0.316 e. The van der Waals surface area contributed by atoms with Gasteiger partial charge in [0.15, 0.2) is 0 Å². The van der Waals surface area contributed by atoms with E-state index in [2.05, 4.69) is 21.2 Å². The third-order valence-corrected chi connectivity index (χ3v) is 2.77. The lowest BCUT2D eigenvalue weighted by atomic mass is 10.2. The molecule has 0 rings (SSSR count). The second kappa shape index (κ2) is 6.65. The Bertz CT molecular complexity index is 127. The normalized spacial score (nSPS) is 14.5. The minimum atomic E-state index is -4.04. The van der Waals surface area contributed by atoms with Gasteiger partial charge in [-0.05, 0) is 19.4 Å². The van der Waals surface area contributed by atoms with E-state index in [0.29, 0.717) is 11.4 Å². The zero-order valence-corrected chi connectivity index (χ0v) is 9.21. The van der Waals surface area contributed by atoms with Crippen LogP contribution in [0.3, 0.4) is 0 Å². The second-order valence-electron chi connectivity index (χ2n) is 2.91. The molecular weight excluding hydrogens is 247 g/mol. The Labute approximate surface area is 85.2 Å². The van der Waals surface area contributed by atoms with E-state index < -0.39 is 12.6 Å². The molecule has 80 valence electrons. The summed E-state index contributed by atoms with van der Waals surface area (Å²) in [6, 6.07) is 0. The van der Waals surface area contributed by atoms with Gasteiger partial charge in [-0.3, -0.25) is 0 Å². The molecule has 0 spiro atoms. The number of hydrogen-bond donors (Lipinski definition) is 1. The molecule has 13 heavy (non-hydrogen) atoms. The number of nitrogens with one attached hydrogen (secondary N) is 1. The first-order valence-corrected chi connectivity index (χ1v) is 5.29. The molecule has 0 aromatic rings. The van der Waals surface area contributed by atoms with E-state index in [1.807, 2.05) is 6.92 Å². The van der Waals surface area contributed by atoms with Crippen molar-refractivity contribution in [2.45, 2.75) is 37.2 Å². The Balaban J connectivity index is 3.18. The van der Waals surface area contributed by atoms with Gasteiger partial charge < -0.3 is 5.32 Å². The Morgan fingerprint density at radius 2 is 1.92 bits per heavy atom. The van der Waals surface area contributed by atoms with Gasteiger partial charge in [-0.2, -0.15) is 13.2 Å². The third-order valence-electron chi connectivity index (χ3n) is 1.66. The molecule has 1 unspecified atom stereocenters. The average Bonchev–Trinajstić information content (AvgIpc) is 2.01. The molecule has 1 N–H and O–H groups in total. The molecule has 1 nitrogen and oxygen atoms in total. The van der Waals surface area contributed by atoms with Crippen LogP contribution in [0, 0.1) is 0 Å². The van der Waals surface area contributed by atoms with Gasteiger partial charge in [0, 0.05) is 11.4 Å². The van der Waals surface area contributed by atoms with Crippen LogP contribution in [-0.4, -0.2) is 24.1 Å². The smallest absolute Gasteiger partial charge is 0.316 e. The summed E-state index contributed by atoms with van der Waals surface area (Å²) < 4.78 is 35.0. The SMILES string of the molecule is CCC(Br)CCNCCC(F)(F)F. The summed E-state index contributed by atoms with van der Waals surface area (Å²) in [5.74, 6) is 0. The van der Waals surface area contributed by atoms with Crippen molar-refractivity contribution in [3.63, 3.8) is 0 Å². The molecule has 0 bridgehead atoms. The Hall–Kier alpha value is 0.230. The van der Waals surface area contributed by atoms with Crippen LogP contribution in [0.5, 0.6) is 0 Å². The summed E-state index contributed by atoms with van der Waals surface area (Å²) in [4.78, 5) is 0.408. The maximum Gasteiger partial charge on any atom is 0.390 e. The van der Waals surface area contributed by atoms with E-state index >= 15 is 0 Å². The van der Waals surface area contributed by atoms with E-state index in [4.69, 9.17) is 0 Å². The fourth-order valence-corrected chi connectivity index (χ4v) is 1.05. The number of halogens is 4. The lowest BCUT2D eigenvalue weighted by Crippen LogP contribution is -2.23. The lowest BCUT2D eigenvalue weighted by molar-refractivity contribution is -0.133. The molecule has 0 saturated carbocycles. The molecule has 0 fully saturated rings. The lowest BCUT2D eigenvalue weighted by Gasteiger charge is -2.09. The Kier molecular flexibility index (Phi) is 6.77. The molecule has 0 aliphatic carbocycles. The van der Waals surface area contributed by atoms with E-state index in [1.54, 1.807) is 0 Å². The first-order chi connectivity index (χ1) is 5.95. The van der Waals surface area contributed by atoms with Gasteiger partial charge >= 0.3 is 6.18 Å². The van der Waals surface area contributed by atoms with Gasteiger partial charge in [-0.1, -0.05) is 22.9 Å². The van der Waals surface area contributed by atoms with Gasteiger partial charge in [0.25, 0.3) is 0 Å². The van der Waals surface area contributed by atoms with Crippen LogP contribution in [0.25, 0.3) is 0 Å². The number of rotatable bonds is 6. The molecule has 0 saturated heterocycles. The van der Waals surface area contributed by atoms with Crippen LogP contribution in [-0.2, 0) is 0 Å². The van der Waals surface area contributed by atoms with E-state index in [1.165, 1.54) is 0 Å². The maximum absolute atomic E-state index is 11.7. The summed E-state index contributed by atoms with van der Waals surface area (Å²) in [5, 5.41) is 2.76. The highest BCUT2D eigenvalue weighted by Gasteiger charge is 2.25. The second-order valence-corrected chi connectivity index (χ2v) is 4.20. The first kappa shape index (κ1) is 13.2. The molecule has 0 aliphatic heterocycles. The Morgan fingerprint density at radius 3 is 2.38 bits per heavy atom. The summed E-state index contributed by atoms with van der Waals surface area (Å²) in [5.41, 5.74) is 0. The van der Waals surface area contributed by atoms with Crippen molar-refractivity contribution in [2.75, 3.05) is 13.1 Å². The summed E-state index contributed by atoms with van der Waals surface area (Å²) in [7, 11) is 0. The summed E-state index contributed by atoms with van der Waals surface area (Å²) in [6.45, 7) is 2.70. The van der Waals surface area contributed by atoms with Crippen molar-refractivity contribution >= 4 is 15.9 Å². The van der Waals surface area contributed by atoms with Gasteiger partial charge in [0.2, 0.25) is 0 Å².